The van der Waals surface area contributed by atoms with Crippen LogP contribution >= 0.6 is 0 Å². The van der Waals surface area contributed by atoms with Gasteiger partial charge in [0, 0.05) is 43.9 Å². The van der Waals surface area contributed by atoms with Crippen LogP contribution in [-0.4, -0.2) is 37.9 Å². The van der Waals surface area contributed by atoms with Gasteiger partial charge < -0.3 is 15.4 Å². The number of amides is 1. The highest BCUT2D eigenvalue weighted by molar-refractivity contribution is 5.89. The fourth-order valence-electron chi connectivity index (χ4n) is 2.39. The highest BCUT2D eigenvalue weighted by Gasteiger charge is 2.28. The number of carbonyl (C=O) groups is 1. The van der Waals surface area contributed by atoms with Gasteiger partial charge in [-0.1, -0.05) is 0 Å². The Labute approximate surface area is 164 Å². The topological polar surface area (TPSA) is 115 Å². The molecule has 3 aromatic rings. The van der Waals surface area contributed by atoms with Gasteiger partial charge in [-0.25, -0.2) is 24.9 Å². The fourth-order valence-corrected chi connectivity index (χ4v) is 2.39. The molecular weight excluding hydrogens is 384 g/mol. The van der Waals surface area contributed by atoms with Crippen molar-refractivity contribution in [3.63, 3.8) is 0 Å². The molecule has 0 saturated carbocycles. The molecule has 0 bridgehead atoms. The minimum Gasteiger partial charge on any atom is -0.481 e. The molecule has 1 amide bonds. The number of ether oxygens (including phenoxy) is 1. The van der Waals surface area contributed by atoms with Crippen molar-refractivity contribution in [2.45, 2.75) is 19.8 Å². The van der Waals surface area contributed by atoms with E-state index >= 15 is 0 Å². The summed E-state index contributed by atoms with van der Waals surface area (Å²) in [5.41, 5.74) is 1.41. The van der Waals surface area contributed by atoms with Crippen molar-refractivity contribution in [2.75, 3.05) is 17.7 Å². The summed E-state index contributed by atoms with van der Waals surface area (Å²) in [7, 11) is 1.47. The molecule has 0 unspecified atom stereocenters. The number of nitrogens with one attached hydrogen (secondary N) is 2. The van der Waals surface area contributed by atoms with Gasteiger partial charge in [-0.05, 0) is 6.07 Å². The van der Waals surface area contributed by atoms with Crippen LogP contribution in [0.2, 0.25) is 0 Å². The zero-order valence-corrected chi connectivity index (χ0v) is 15.8. The second kappa shape index (κ2) is 8.09. The van der Waals surface area contributed by atoms with Crippen LogP contribution in [0.5, 0.6) is 5.88 Å². The molecular formula is C18H17F2N7O2. The molecule has 3 heterocycles. The molecule has 0 aliphatic heterocycles. The Morgan fingerprint density at radius 3 is 2.62 bits per heavy atom. The smallest absolute Gasteiger partial charge is 0.303 e. The van der Waals surface area contributed by atoms with Crippen LogP contribution in [0.25, 0.3) is 11.3 Å². The lowest BCUT2D eigenvalue weighted by Crippen LogP contribution is -2.13. The first-order chi connectivity index (χ1) is 13.8. The van der Waals surface area contributed by atoms with Crippen molar-refractivity contribution in [3.05, 3.63) is 42.7 Å². The minimum atomic E-state index is -3.19. The largest absolute Gasteiger partial charge is 0.481 e. The zero-order valence-electron chi connectivity index (χ0n) is 15.8. The predicted molar refractivity (Wildman–Crippen MR) is 101 cm³/mol. The molecule has 0 aliphatic carbocycles. The predicted octanol–water partition coefficient (Wildman–Crippen LogP) is 3.15. The first-order valence-electron chi connectivity index (χ1n) is 8.38. The van der Waals surface area contributed by atoms with Gasteiger partial charge in [-0.3, -0.25) is 4.79 Å². The van der Waals surface area contributed by atoms with Crippen molar-refractivity contribution in [1.29, 1.82) is 0 Å². The molecule has 3 aromatic heterocycles. The molecule has 0 saturated heterocycles. The van der Waals surface area contributed by atoms with Crippen molar-refractivity contribution in [2.24, 2.45) is 0 Å². The normalized spacial score (nSPS) is 11.1. The summed E-state index contributed by atoms with van der Waals surface area (Å²) in [4.78, 5) is 31.2. The van der Waals surface area contributed by atoms with E-state index in [0.29, 0.717) is 29.7 Å². The first-order valence-corrected chi connectivity index (χ1v) is 8.38. The van der Waals surface area contributed by atoms with E-state index in [-0.39, 0.29) is 17.5 Å². The Bertz CT molecular complexity index is 1040. The van der Waals surface area contributed by atoms with Crippen LogP contribution in [0, 0.1) is 0 Å². The Hall–Kier alpha value is -3.76. The molecule has 29 heavy (non-hydrogen) atoms. The fraction of sp³-hybridized carbons (Fsp3) is 0.222. The SMILES string of the molecule is COc1cc(-c2cnc(NC(C)=O)cc2Nc2ccnc(C(C)(F)F)n2)ncn1. The number of hydrogen-bond donors (Lipinski definition) is 2. The van der Waals surface area contributed by atoms with E-state index in [1.165, 1.54) is 44.9 Å². The summed E-state index contributed by atoms with van der Waals surface area (Å²) in [5.74, 6) is -3.39. The maximum absolute atomic E-state index is 13.6. The molecule has 11 heteroatoms. The van der Waals surface area contributed by atoms with Crippen molar-refractivity contribution >= 4 is 23.2 Å². The monoisotopic (exact) mass is 401 g/mol. The Kier molecular flexibility index (Phi) is 5.57. The number of halogens is 2. The molecule has 0 atom stereocenters. The highest BCUT2D eigenvalue weighted by Crippen LogP contribution is 2.32. The number of rotatable bonds is 6. The Morgan fingerprint density at radius 1 is 1.14 bits per heavy atom. The summed E-state index contributed by atoms with van der Waals surface area (Å²) in [6, 6.07) is 4.57. The number of carbonyl (C=O) groups excluding carboxylic acids is 1. The molecule has 2 N–H and O–H groups in total. The lowest BCUT2D eigenvalue weighted by molar-refractivity contribution is -0.114. The third-order valence-electron chi connectivity index (χ3n) is 3.65. The number of alkyl halides is 2. The van der Waals surface area contributed by atoms with Gasteiger partial charge in [0.25, 0.3) is 0 Å². The lowest BCUT2D eigenvalue weighted by Gasteiger charge is -2.14. The summed E-state index contributed by atoms with van der Waals surface area (Å²) >= 11 is 0. The van der Waals surface area contributed by atoms with E-state index in [1.54, 1.807) is 6.07 Å². The average Bonchev–Trinajstić information content (AvgIpc) is 2.67. The lowest BCUT2D eigenvalue weighted by atomic mass is 10.1. The standard InChI is InChI=1S/C18H17F2N7O2/c1-10(28)25-15-6-13(26-14-4-5-21-17(27-14)18(2,19)20)11(8-22-15)12-7-16(29-3)24-9-23-12/h4-9H,1-3H3,(H2,21,22,25,26,27,28). The van der Waals surface area contributed by atoms with E-state index in [1.807, 2.05) is 0 Å². The molecule has 3 rings (SSSR count). The second-order valence-electron chi connectivity index (χ2n) is 6.02. The minimum absolute atomic E-state index is 0.138. The van der Waals surface area contributed by atoms with Crippen LogP contribution in [0.15, 0.2) is 36.9 Å². The van der Waals surface area contributed by atoms with Gasteiger partial charge in [-0.15, -0.1) is 0 Å². The van der Waals surface area contributed by atoms with Gasteiger partial charge in [0.2, 0.25) is 17.6 Å². The first kappa shape index (κ1) is 20.0. The molecule has 9 nitrogen and oxygen atoms in total. The third kappa shape index (κ3) is 4.94. The highest BCUT2D eigenvalue weighted by atomic mass is 19.3. The summed E-state index contributed by atoms with van der Waals surface area (Å²) in [5, 5.41) is 5.53. The number of pyridine rings is 1. The zero-order chi connectivity index (χ0) is 21.0. The van der Waals surface area contributed by atoms with Crippen molar-refractivity contribution < 1.29 is 18.3 Å². The van der Waals surface area contributed by atoms with E-state index in [9.17, 15) is 13.6 Å². The van der Waals surface area contributed by atoms with Gasteiger partial charge in [0.15, 0.2) is 0 Å². The van der Waals surface area contributed by atoms with E-state index in [4.69, 9.17) is 4.74 Å². The molecule has 0 aromatic carbocycles. The quantitative estimate of drug-likeness (QED) is 0.647. The van der Waals surface area contributed by atoms with Crippen molar-refractivity contribution in [1.82, 2.24) is 24.9 Å². The Balaban J connectivity index is 2.05. The van der Waals surface area contributed by atoms with Crippen LogP contribution in [0.4, 0.5) is 26.1 Å². The number of aromatic nitrogens is 5. The maximum atomic E-state index is 13.6. The van der Waals surface area contributed by atoms with E-state index in [0.717, 1.165) is 0 Å². The third-order valence-corrected chi connectivity index (χ3v) is 3.65. The molecule has 0 aliphatic rings. The van der Waals surface area contributed by atoms with Crippen LogP contribution in [-0.2, 0) is 10.7 Å². The summed E-state index contributed by atoms with van der Waals surface area (Å²) in [6.45, 7) is 2.06. The molecule has 0 spiro atoms. The number of hydrogen-bond acceptors (Lipinski definition) is 8. The van der Waals surface area contributed by atoms with Crippen LogP contribution < -0.4 is 15.4 Å². The van der Waals surface area contributed by atoms with Gasteiger partial charge in [0.05, 0.1) is 18.5 Å². The van der Waals surface area contributed by atoms with Crippen molar-refractivity contribution in [3.8, 4) is 17.1 Å². The van der Waals surface area contributed by atoms with Crippen LogP contribution in [0.1, 0.15) is 19.7 Å². The molecule has 150 valence electrons. The van der Waals surface area contributed by atoms with Crippen LogP contribution in [0.3, 0.4) is 0 Å². The number of nitrogens with zero attached hydrogens (tertiary/aromatic N) is 5. The summed E-state index contributed by atoms with van der Waals surface area (Å²) in [6.07, 6.45) is 4.03. The number of anilines is 3. The Morgan fingerprint density at radius 2 is 1.93 bits per heavy atom. The van der Waals surface area contributed by atoms with Gasteiger partial charge >= 0.3 is 5.92 Å². The second-order valence-corrected chi connectivity index (χ2v) is 6.02. The van der Waals surface area contributed by atoms with E-state index in [2.05, 4.69) is 35.6 Å². The average molecular weight is 401 g/mol. The molecule has 0 fully saturated rings. The van der Waals surface area contributed by atoms with Gasteiger partial charge in [0.1, 0.15) is 18.0 Å². The van der Waals surface area contributed by atoms with Gasteiger partial charge in [-0.2, -0.15) is 8.78 Å². The molecule has 0 radical (unpaired) electrons. The summed E-state index contributed by atoms with van der Waals surface area (Å²) < 4.78 is 32.2. The number of methoxy groups -OCH3 is 1. The maximum Gasteiger partial charge on any atom is 0.303 e. The van der Waals surface area contributed by atoms with E-state index < -0.39 is 11.7 Å².